The molecule has 0 radical (unpaired) electrons. The molecular weight excluding hydrogens is 278 g/mol. The molecule has 0 aliphatic heterocycles. The van der Waals surface area contributed by atoms with Gasteiger partial charge in [0.15, 0.2) is 5.03 Å². The summed E-state index contributed by atoms with van der Waals surface area (Å²) in [4.78, 5) is 4.02. The monoisotopic (exact) mass is 295 g/mol. The minimum absolute atomic E-state index is 0.0409. The first-order valence-corrected chi connectivity index (χ1v) is 7.70. The molecule has 0 amide bonds. The van der Waals surface area contributed by atoms with E-state index in [1.54, 1.807) is 11.5 Å². The van der Waals surface area contributed by atoms with Crippen LogP contribution in [0.3, 0.4) is 0 Å². The van der Waals surface area contributed by atoms with Crippen molar-refractivity contribution in [2.45, 2.75) is 25.4 Å². The van der Waals surface area contributed by atoms with Crippen LogP contribution < -0.4 is 4.72 Å². The van der Waals surface area contributed by atoms with Crippen LogP contribution in [0.2, 0.25) is 0 Å². The van der Waals surface area contributed by atoms with Gasteiger partial charge in [0.05, 0.1) is 13.2 Å². The van der Waals surface area contributed by atoms with Gasteiger partial charge in [-0.3, -0.25) is 0 Å². The Morgan fingerprint density at radius 3 is 2.78 bits per heavy atom. The van der Waals surface area contributed by atoms with E-state index in [0.29, 0.717) is 31.5 Å². The third kappa shape index (κ3) is 4.24. The molecule has 0 spiro atoms. The van der Waals surface area contributed by atoms with Crippen molar-refractivity contribution in [2.24, 2.45) is 0 Å². The molecule has 1 heterocycles. The lowest BCUT2D eigenvalue weighted by Gasteiger charge is -2.04. The van der Waals surface area contributed by atoms with Gasteiger partial charge in [-0.2, -0.15) is 0 Å². The normalized spacial score (nSPS) is 11.9. The first-order chi connectivity index (χ1) is 8.51. The van der Waals surface area contributed by atoms with Crippen LogP contribution in [0.4, 0.5) is 0 Å². The molecule has 0 unspecified atom stereocenters. The van der Waals surface area contributed by atoms with E-state index in [2.05, 4.69) is 9.71 Å². The Bertz CT molecular complexity index is 473. The molecule has 18 heavy (non-hydrogen) atoms. The van der Waals surface area contributed by atoms with E-state index < -0.39 is 10.0 Å². The Labute approximate surface area is 112 Å². The highest BCUT2D eigenvalue weighted by atomic mass is 35.5. The number of aromatic nitrogens is 2. The molecule has 1 aromatic rings. The van der Waals surface area contributed by atoms with E-state index in [9.17, 15) is 8.42 Å². The number of sulfonamides is 1. The summed E-state index contributed by atoms with van der Waals surface area (Å²) in [6.07, 6.45) is 1.53. The van der Waals surface area contributed by atoms with Crippen LogP contribution in [0.1, 0.15) is 12.7 Å². The first kappa shape index (κ1) is 15.4. The molecule has 0 fully saturated rings. The lowest BCUT2D eigenvalue weighted by atomic mass is 10.6. The quantitative estimate of drug-likeness (QED) is 0.567. The van der Waals surface area contributed by atoms with Gasteiger partial charge in [-0.05, 0) is 13.8 Å². The highest BCUT2D eigenvalue weighted by Gasteiger charge is 2.18. The first-order valence-electron chi connectivity index (χ1n) is 5.68. The maximum absolute atomic E-state index is 11.9. The molecule has 0 saturated carbocycles. The number of hydrogen-bond donors (Lipinski definition) is 1. The van der Waals surface area contributed by atoms with Gasteiger partial charge in [0, 0.05) is 25.2 Å². The van der Waals surface area contributed by atoms with Crippen LogP contribution in [-0.4, -0.2) is 43.6 Å². The van der Waals surface area contributed by atoms with Crippen molar-refractivity contribution < 1.29 is 13.2 Å². The summed E-state index contributed by atoms with van der Waals surface area (Å²) in [6.45, 7) is 5.29. The van der Waals surface area contributed by atoms with Crippen molar-refractivity contribution in [3.63, 3.8) is 0 Å². The number of ether oxygens (including phenoxy) is 1. The van der Waals surface area contributed by atoms with Crippen LogP contribution >= 0.6 is 11.6 Å². The third-order valence-electron chi connectivity index (χ3n) is 2.33. The number of rotatable bonds is 8. The average Bonchev–Trinajstić information content (AvgIpc) is 2.71. The zero-order valence-corrected chi connectivity index (χ0v) is 12.1. The summed E-state index contributed by atoms with van der Waals surface area (Å²) < 4.78 is 33.0. The molecular formula is C10H18ClN3O3S. The highest BCUT2D eigenvalue weighted by molar-refractivity contribution is 7.89. The van der Waals surface area contributed by atoms with Crippen molar-refractivity contribution in [3.05, 3.63) is 12.0 Å². The maximum atomic E-state index is 11.9. The van der Waals surface area contributed by atoms with E-state index in [1.807, 2.05) is 6.92 Å². The molecule has 1 N–H and O–H groups in total. The Morgan fingerprint density at radius 2 is 2.22 bits per heavy atom. The summed E-state index contributed by atoms with van der Waals surface area (Å²) in [5, 5.41) is 0.0409. The summed E-state index contributed by atoms with van der Waals surface area (Å²) in [6, 6.07) is 0. The largest absolute Gasteiger partial charge is 0.379 e. The Hall–Kier alpha value is -0.630. The van der Waals surface area contributed by atoms with Crippen molar-refractivity contribution in [1.29, 1.82) is 0 Å². The number of nitrogens with one attached hydrogen (secondary N) is 1. The smallest absolute Gasteiger partial charge is 0.259 e. The second kappa shape index (κ2) is 7.08. The number of aryl methyl sites for hydroxylation is 2. The summed E-state index contributed by atoms with van der Waals surface area (Å²) in [7, 11) is -3.55. The van der Waals surface area contributed by atoms with E-state index >= 15 is 0 Å². The van der Waals surface area contributed by atoms with Crippen LogP contribution in [0.15, 0.2) is 11.2 Å². The Morgan fingerprint density at radius 1 is 1.50 bits per heavy atom. The number of nitrogens with zero attached hydrogens (tertiary/aromatic N) is 2. The molecule has 1 aromatic heterocycles. The number of imidazole rings is 1. The van der Waals surface area contributed by atoms with Gasteiger partial charge < -0.3 is 9.30 Å². The fraction of sp³-hybridized carbons (Fsp3) is 0.700. The molecule has 1 rings (SSSR count). The highest BCUT2D eigenvalue weighted by Crippen LogP contribution is 2.08. The van der Waals surface area contributed by atoms with Crippen molar-refractivity contribution in [3.8, 4) is 0 Å². The van der Waals surface area contributed by atoms with Crippen molar-refractivity contribution in [1.82, 2.24) is 14.3 Å². The predicted molar refractivity (Wildman–Crippen MR) is 69.4 cm³/mol. The lowest BCUT2D eigenvalue weighted by molar-refractivity contribution is 0.155. The van der Waals surface area contributed by atoms with Gasteiger partial charge in [-0.25, -0.2) is 18.1 Å². The molecule has 104 valence electrons. The summed E-state index contributed by atoms with van der Waals surface area (Å²) >= 11 is 5.43. The van der Waals surface area contributed by atoms with Crippen LogP contribution in [-0.2, 0) is 21.3 Å². The van der Waals surface area contributed by atoms with Crippen molar-refractivity contribution >= 4 is 21.6 Å². The third-order valence-corrected chi connectivity index (χ3v) is 3.82. The number of halogens is 1. The minimum Gasteiger partial charge on any atom is -0.379 e. The zero-order valence-electron chi connectivity index (χ0n) is 10.5. The van der Waals surface area contributed by atoms with Crippen LogP contribution in [0.25, 0.3) is 0 Å². The van der Waals surface area contributed by atoms with Gasteiger partial charge >= 0.3 is 0 Å². The molecule has 0 bridgehead atoms. The van der Waals surface area contributed by atoms with Crippen molar-refractivity contribution in [2.75, 3.05) is 25.6 Å². The fourth-order valence-electron chi connectivity index (χ4n) is 1.41. The summed E-state index contributed by atoms with van der Waals surface area (Å²) in [5.74, 6) is 1.07. The second-order valence-electron chi connectivity index (χ2n) is 3.61. The Kier molecular flexibility index (Phi) is 6.07. The van der Waals surface area contributed by atoms with E-state index in [4.69, 9.17) is 16.3 Å². The van der Waals surface area contributed by atoms with Crippen LogP contribution in [0.5, 0.6) is 0 Å². The fourth-order valence-corrected chi connectivity index (χ4v) is 2.53. The minimum atomic E-state index is -3.55. The van der Waals surface area contributed by atoms with E-state index in [0.717, 1.165) is 0 Å². The second-order valence-corrected chi connectivity index (χ2v) is 5.70. The van der Waals surface area contributed by atoms with Gasteiger partial charge in [0.2, 0.25) is 0 Å². The molecule has 0 saturated heterocycles. The standard InChI is InChI=1S/C10H18ClN3O3S/c1-3-14-8-10(13-9(14)2)18(15,16)12-5-7-17-6-4-11/h8,12H,3-7H2,1-2H3. The molecule has 0 aliphatic rings. The van der Waals surface area contributed by atoms with Gasteiger partial charge in [0.1, 0.15) is 5.82 Å². The van der Waals surface area contributed by atoms with Gasteiger partial charge in [-0.15, -0.1) is 11.6 Å². The zero-order chi connectivity index (χ0) is 13.6. The lowest BCUT2D eigenvalue weighted by Crippen LogP contribution is -2.28. The van der Waals surface area contributed by atoms with Gasteiger partial charge in [-0.1, -0.05) is 0 Å². The molecule has 6 nitrogen and oxygen atoms in total. The predicted octanol–water partition coefficient (Wildman–Crippen LogP) is 0.745. The van der Waals surface area contributed by atoms with E-state index in [1.165, 1.54) is 6.20 Å². The average molecular weight is 296 g/mol. The van der Waals surface area contributed by atoms with Gasteiger partial charge in [0.25, 0.3) is 10.0 Å². The molecule has 0 aromatic carbocycles. The summed E-state index contributed by atoms with van der Waals surface area (Å²) in [5.41, 5.74) is 0. The SMILES string of the molecule is CCn1cc(S(=O)(=O)NCCOCCCl)nc1C. The number of alkyl halides is 1. The molecule has 0 atom stereocenters. The maximum Gasteiger partial charge on any atom is 0.259 e. The topological polar surface area (TPSA) is 73.2 Å². The molecule has 0 aliphatic carbocycles. The van der Waals surface area contributed by atoms with E-state index in [-0.39, 0.29) is 11.6 Å². The van der Waals surface area contributed by atoms with Crippen LogP contribution in [0, 0.1) is 6.92 Å². The Balaban J connectivity index is 2.57. The molecule has 8 heteroatoms. The number of hydrogen-bond acceptors (Lipinski definition) is 4.